The Bertz CT molecular complexity index is 842. The number of benzene rings is 2. The predicted molar refractivity (Wildman–Crippen MR) is 86.0 cm³/mol. The maximum Gasteiger partial charge on any atom is 0.417 e. The van der Waals surface area contributed by atoms with E-state index in [4.69, 9.17) is 17.3 Å². The Hall–Kier alpha value is -1.92. The molecule has 114 valence electrons. The highest BCUT2D eigenvalue weighted by Gasteiger charge is 2.33. The second-order valence-corrected chi connectivity index (χ2v) is 6.15. The highest BCUT2D eigenvalue weighted by atomic mass is 35.5. The van der Waals surface area contributed by atoms with Crippen LogP contribution in [-0.2, 0) is 6.18 Å². The maximum absolute atomic E-state index is 12.9. The normalized spacial score (nSPS) is 11.8. The average molecular weight is 343 g/mol. The van der Waals surface area contributed by atoms with Gasteiger partial charge in [-0.1, -0.05) is 29.8 Å². The highest BCUT2D eigenvalue weighted by Crippen LogP contribution is 2.41. The third kappa shape index (κ3) is 2.71. The molecular weight excluding hydrogens is 333 g/mol. The van der Waals surface area contributed by atoms with Crippen molar-refractivity contribution >= 4 is 49.4 Å². The van der Waals surface area contributed by atoms with Crippen LogP contribution < -0.4 is 11.1 Å². The van der Waals surface area contributed by atoms with Crippen molar-refractivity contribution in [2.75, 3.05) is 11.1 Å². The zero-order chi connectivity index (χ0) is 15.9. The Balaban J connectivity index is 2.04. The van der Waals surface area contributed by atoms with Crippen molar-refractivity contribution in [3.63, 3.8) is 0 Å². The van der Waals surface area contributed by atoms with E-state index < -0.39 is 11.7 Å². The number of hydrogen-bond donors (Lipinski definition) is 2. The molecular formula is C15H10ClF3N2S. The predicted octanol–water partition coefficient (Wildman–Crippen LogP) is 5.90. The smallest absolute Gasteiger partial charge is 0.389 e. The van der Waals surface area contributed by atoms with Gasteiger partial charge in [0.1, 0.15) is 5.00 Å². The van der Waals surface area contributed by atoms with Crippen LogP contribution in [-0.4, -0.2) is 0 Å². The van der Waals surface area contributed by atoms with Crippen molar-refractivity contribution in [3.8, 4) is 0 Å². The highest BCUT2D eigenvalue weighted by molar-refractivity contribution is 7.23. The number of halogens is 4. The number of thiophene rings is 1. The molecule has 0 aliphatic rings. The molecule has 0 bridgehead atoms. The van der Waals surface area contributed by atoms with E-state index in [-0.39, 0.29) is 10.7 Å². The lowest BCUT2D eigenvalue weighted by Crippen LogP contribution is -2.06. The molecule has 0 unspecified atom stereocenters. The third-order valence-electron chi connectivity index (χ3n) is 3.16. The first-order valence-electron chi connectivity index (χ1n) is 6.27. The van der Waals surface area contributed by atoms with Crippen LogP contribution in [0.3, 0.4) is 0 Å². The molecule has 0 fully saturated rings. The summed E-state index contributed by atoms with van der Waals surface area (Å²) in [5.41, 5.74) is 5.98. The number of alkyl halides is 3. The summed E-state index contributed by atoms with van der Waals surface area (Å²) in [7, 11) is 0. The van der Waals surface area contributed by atoms with E-state index in [1.807, 2.05) is 24.3 Å². The van der Waals surface area contributed by atoms with Crippen LogP contribution in [0.4, 0.5) is 29.5 Å². The molecule has 2 aromatic carbocycles. The van der Waals surface area contributed by atoms with E-state index in [0.29, 0.717) is 10.7 Å². The van der Waals surface area contributed by atoms with Crippen molar-refractivity contribution in [1.82, 2.24) is 0 Å². The molecule has 0 spiro atoms. The molecule has 0 saturated heterocycles. The van der Waals surface area contributed by atoms with Gasteiger partial charge in [0.05, 0.1) is 16.3 Å². The molecule has 0 radical (unpaired) electrons. The summed E-state index contributed by atoms with van der Waals surface area (Å²) in [4.78, 5) is 0. The van der Waals surface area contributed by atoms with Gasteiger partial charge in [0.2, 0.25) is 0 Å². The van der Waals surface area contributed by atoms with Crippen molar-refractivity contribution in [2.45, 2.75) is 6.18 Å². The second kappa shape index (κ2) is 5.37. The van der Waals surface area contributed by atoms with E-state index in [1.165, 1.54) is 23.5 Å². The number of rotatable bonds is 2. The van der Waals surface area contributed by atoms with Crippen LogP contribution in [0.25, 0.3) is 10.1 Å². The van der Waals surface area contributed by atoms with Crippen molar-refractivity contribution in [1.29, 1.82) is 0 Å². The quantitative estimate of drug-likeness (QED) is 0.608. The second-order valence-electron chi connectivity index (χ2n) is 4.65. The largest absolute Gasteiger partial charge is 0.417 e. The van der Waals surface area contributed by atoms with Crippen LogP contribution in [0.5, 0.6) is 0 Å². The summed E-state index contributed by atoms with van der Waals surface area (Å²) < 4.78 is 39.7. The van der Waals surface area contributed by atoms with Gasteiger partial charge >= 0.3 is 6.18 Å². The van der Waals surface area contributed by atoms with Crippen LogP contribution in [0.2, 0.25) is 5.02 Å². The summed E-state index contributed by atoms with van der Waals surface area (Å²) in [5.74, 6) is 0. The summed E-state index contributed by atoms with van der Waals surface area (Å²) >= 11 is 7.00. The minimum absolute atomic E-state index is 0.284. The monoisotopic (exact) mass is 342 g/mol. The molecule has 1 aromatic heterocycles. The van der Waals surface area contributed by atoms with Crippen molar-refractivity contribution in [3.05, 3.63) is 53.1 Å². The van der Waals surface area contributed by atoms with Crippen LogP contribution in [0, 0.1) is 0 Å². The molecule has 0 atom stereocenters. The first-order valence-corrected chi connectivity index (χ1v) is 7.46. The van der Waals surface area contributed by atoms with Gasteiger partial charge in [-0.3, -0.25) is 0 Å². The van der Waals surface area contributed by atoms with Crippen molar-refractivity contribution in [2.24, 2.45) is 0 Å². The maximum atomic E-state index is 12.9. The molecule has 0 aliphatic heterocycles. The Kier molecular flexibility index (Phi) is 3.66. The topological polar surface area (TPSA) is 38.0 Å². The van der Waals surface area contributed by atoms with Crippen LogP contribution >= 0.6 is 22.9 Å². The minimum Gasteiger partial charge on any atom is -0.389 e. The van der Waals surface area contributed by atoms with Gasteiger partial charge < -0.3 is 11.1 Å². The SMILES string of the molecule is Nc1sc2ccccc2c1Nc1ccc(Cl)c(C(F)(F)F)c1. The van der Waals surface area contributed by atoms with Gasteiger partial charge in [0.25, 0.3) is 0 Å². The third-order valence-corrected chi connectivity index (χ3v) is 4.49. The fourth-order valence-electron chi connectivity index (χ4n) is 2.16. The number of fused-ring (bicyclic) bond motifs is 1. The fraction of sp³-hybridized carbons (Fsp3) is 0.0667. The lowest BCUT2D eigenvalue weighted by molar-refractivity contribution is -0.137. The van der Waals surface area contributed by atoms with Crippen LogP contribution in [0.15, 0.2) is 42.5 Å². The van der Waals surface area contributed by atoms with Gasteiger partial charge in [-0.15, -0.1) is 11.3 Å². The summed E-state index contributed by atoms with van der Waals surface area (Å²) in [6.07, 6.45) is -4.50. The van der Waals surface area contributed by atoms with E-state index in [1.54, 1.807) is 0 Å². The van der Waals surface area contributed by atoms with Gasteiger partial charge in [-0.25, -0.2) is 0 Å². The van der Waals surface area contributed by atoms with E-state index in [2.05, 4.69) is 5.32 Å². The lowest BCUT2D eigenvalue weighted by atomic mass is 10.1. The number of hydrogen-bond acceptors (Lipinski definition) is 3. The van der Waals surface area contributed by atoms with E-state index in [9.17, 15) is 13.2 Å². The molecule has 1 heterocycles. The molecule has 3 aromatic rings. The summed E-state index contributed by atoms with van der Waals surface area (Å²) in [6.45, 7) is 0. The molecule has 0 aliphatic carbocycles. The van der Waals surface area contributed by atoms with Gasteiger partial charge in [-0.05, 0) is 24.3 Å². The van der Waals surface area contributed by atoms with E-state index >= 15 is 0 Å². The minimum atomic E-state index is -4.50. The molecule has 0 saturated carbocycles. The van der Waals surface area contributed by atoms with Gasteiger partial charge in [-0.2, -0.15) is 13.2 Å². The fourth-order valence-corrected chi connectivity index (χ4v) is 3.31. The average Bonchev–Trinajstić information content (AvgIpc) is 2.76. The van der Waals surface area contributed by atoms with Crippen LogP contribution in [0.1, 0.15) is 5.56 Å². The number of nitrogens with one attached hydrogen (secondary N) is 1. The zero-order valence-electron chi connectivity index (χ0n) is 11.0. The Morgan fingerprint density at radius 1 is 1.09 bits per heavy atom. The van der Waals surface area contributed by atoms with Gasteiger partial charge in [0.15, 0.2) is 0 Å². The van der Waals surface area contributed by atoms with Crippen molar-refractivity contribution < 1.29 is 13.2 Å². The molecule has 0 amide bonds. The van der Waals surface area contributed by atoms with E-state index in [0.717, 1.165) is 16.2 Å². The number of anilines is 3. The molecule has 3 N–H and O–H groups in total. The summed E-state index contributed by atoms with van der Waals surface area (Å²) in [6, 6.07) is 11.2. The Morgan fingerprint density at radius 3 is 2.55 bits per heavy atom. The number of nitrogens with two attached hydrogens (primary N) is 1. The van der Waals surface area contributed by atoms with Gasteiger partial charge in [0, 0.05) is 15.8 Å². The summed E-state index contributed by atoms with van der Waals surface area (Å²) in [5, 5.41) is 4.02. The first kappa shape index (κ1) is 15.0. The molecule has 22 heavy (non-hydrogen) atoms. The molecule has 3 rings (SSSR count). The lowest BCUT2D eigenvalue weighted by Gasteiger charge is -2.12. The first-order chi connectivity index (χ1) is 10.4. The number of nitrogen functional groups attached to an aromatic ring is 1. The standard InChI is InChI=1S/C15H10ClF3N2S/c16-11-6-5-8(7-10(11)15(17,18)19)21-13-9-3-1-2-4-12(9)22-14(13)20/h1-7,21H,20H2. The molecule has 2 nitrogen and oxygen atoms in total. The zero-order valence-corrected chi connectivity index (χ0v) is 12.6. The Labute approximate surface area is 133 Å². The molecule has 7 heteroatoms. The Morgan fingerprint density at radius 2 is 1.82 bits per heavy atom.